The highest BCUT2D eigenvalue weighted by Crippen LogP contribution is 2.29. The molecule has 1 unspecified atom stereocenters. The maximum absolute atomic E-state index is 12.7. The first-order chi connectivity index (χ1) is 14.3. The fourth-order valence-corrected chi connectivity index (χ4v) is 4.63. The van der Waals surface area contributed by atoms with Crippen LogP contribution in [0.4, 0.5) is 0 Å². The van der Waals surface area contributed by atoms with E-state index in [4.69, 9.17) is 4.52 Å². The number of hydrogen-bond acceptors (Lipinski definition) is 6. The van der Waals surface area contributed by atoms with Crippen molar-refractivity contribution in [3.05, 3.63) is 54.1 Å². The molecule has 0 spiro atoms. The number of hydrogen-bond donors (Lipinski definition) is 1. The van der Waals surface area contributed by atoms with E-state index in [2.05, 4.69) is 10.5 Å². The summed E-state index contributed by atoms with van der Waals surface area (Å²) in [5.41, 5.74) is 1.86. The fourth-order valence-electron chi connectivity index (χ4n) is 3.43. The van der Waals surface area contributed by atoms with Crippen LogP contribution in [0.5, 0.6) is 0 Å². The number of aromatic nitrogens is 1. The van der Waals surface area contributed by atoms with Crippen molar-refractivity contribution in [3.8, 4) is 11.3 Å². The van der Waals surface area contributed by atoms with E-state index in [1.54, 1.807) is 25.1 Å². The molecule has 8 nitrogen and oxygen atoms in total. The summed E-state index contributed by atoms with van der Waals surface area (Å²) in [7, 11) is -3.08. The first kappa shape index (κ1) is 20.1. The molecule has 1 aromatic heterocycles. The van der Waals surface area contributed by atoms with Crippen LogP contribution in [-0.2, 0) is 14.6 Å². The maximum atomic E-state index is 12.7. The number of rotatable bonds is 4. The Hall–Kier alpha value is -3.20. The molecule has 0 saturated carbocycles. The van der Waals surface area contributed by atoms with Gasteiger partial charge in [0.25, 0.3) is 5.91 Å². The van der Waals surface area contributed by atoms with E-state index < -0.39 is 21.8 Å². The zero-order chi connectivity index (χ0) is 21.3. The Morgan fingerprint density at radius 2 is 1.80 bits per heavy atom. The third kappa shape index (κ3) is 4.06. The molecule has 3 aromatic rings. The molecule has 0 aliphatic carbocycles. The van der Waals surface area contributed by atoms with E-state index in [-0.39, 0.29) is 30.5 Å². The number of fused-ring (bicyclic) bond motifs is 1. The summed E-state index contributed by atoms with van der Waals surface area (Å²) < 4.78 is 28.6. The highest BCUT2D eigenvalue weighted by atomic mass is 32.2. The molecule has 2 amide bonds. The Bertz CT molecular complexity index is 1190. The Morgan fingerprint density at radius 3 is 2.50 bits per heavy atom. The van der Waals surface area contributed by atoms with E-state index in [1.807, 2.05) is 30.3 Å². The Balaban J connectivity index is 1.50. The molecule has 156 valence electrons. The van der Waals surface area contributed by atoms with Gasteiger partial charge in [0.05, 0.1) is 16.9 Å². The van der Waals surface area contributed by atoms with Gasteiger partial charge < -0.3 is 14.7 Å². The van der Waals surface area contributed by atoms with Gasteiger partial charge in [-0.2, -0.15) is 0 Å². The Morgan fingerprint density at radius 1 is 1.10 bits per heavy atom. The van der Waals surface area contributed by atoms with E-state index in [0.29, 0.717) is 22.2 Å². The molecule has 2 aromatic carbocycles. The number of sulfone groups is 1. The monoisotopic (exact) mass is 427 g/mol. The second-order valence-electron chi connectivity index (χ2n) is 7.28. The van der Waals surface area contributed by atoms with Crippen molar-refractivity contribution in [1.29, 1.82) is 0 Å². The van der Waals surface area contributed by atoms with Gasteiger partial charge in [-0.1, -0.05) is 35.5 Å². The quantitative estimate of drug-likeness (QED) is 0.681. The number of carbonyl (C=O) groups is 2. The standard InChI is InChI=1S/C21H21N3O5S/c1-14(21(26)24-9-11-30(27,28)12-10-24)22-20(25)16-7-8-18-17(13-16)19(29-23-18)15-5-3-2-4-6-15/h2-8,13-14H,9-12H2,1H3,(H,22,25). The summed E-state index contributed by atoms with van der Waals surface area (Å²) in [5.74, 6) is -0.228. The lowest BCUT2D eigenvalue weighted by molar-refractivity contribution is -0.132. The molecule has 1 aliphatic heterocycles. The van der Waals surface area contributed by atoms with Crippen LogP contribution in [0.1, 0.15) is 17.3 Å². The summed E-state index contributed by atoms with van der Waals surface area (Å²) in [4.78, 5) is 26.8. The molecule has 0 bridgehead atoms. The van der Waals surface area contributed by atoms with Crippen LogP contribution in [-0.4, -0.2) is 60.9 Å². The molecule has 4 rings (SSSR count). The van der Waals surface area contributed by atoms with Gasteiger partial charge in [-0.25, -0.2) is 8.42 Å². The van der Waals surface area contributed by atoms with E-state index >= 15 is 0 Å². The summed E-state index contributed by atoms with van der Waals surface area (Å²) in [5, 5.41) is 7.44. The third-order valence-electron chi connectivity index (χ3n) is 5.15. The maximum Gasteiger partial charge on any atom is 0.251 e. The van der Waals surface area contributed by atoms with Crippen molar-refractivity contribution in [3.63, 3.8) is 0 Å². The zero-order valence-corrected chi connectivity index (χ0v) is 17.2. The van der Waals surface area contributed by atoms with Crippen molar-refractivity contribution < 1.29 is 22.5 Å². The number of amides is 2. The van der Waals surface area contributed by atoms with Gasteiger partial charge in [-0.05, 0) is 25.1 Å². The van der Waals surface area contributed by atoms with Crippen LogP contribution in [0.3, 0.4) is 0 Å². The van der Waals surface area contributed by atoms with Gasteiger partial charge in [-0.3, -0.25) is 9.59 Å². The van der Waals surface area contributed by atoms with Gasteiger partial charge >= 0.3 is 0 Å². The lowest BCUT2D eigenvalue weighted by Gasteiger charge is -2.29. The van der Waals surface area contributed by atoms with Gasteiger partial charge in [0.1, 0.15) is 11.6 Å². The average molecular weight is 427 g/mol. The van der Waals surface area contributed by atoms with Crippen molar-refractivity contribution in [2.75, 3.05) is 24.6 Å². The van der Waals surface area contributed by atoms with Crippen molar-refractivity contribution in [2.45, 2.75) is 13.0 Å². The molecule has 30 heavy (non-hydrogen) atoms. The van der Waals surface area contributed by atoms with Crippen LogP contribution in [0.15, 0.2) is 53.1 Å². The lowest BCUT2D eigenvalue weighted by Crippen LogP contribution is -2.51. The van der Waals surface area contributed by atoms with Crippen molar-refractivity contribution in [2.24, 2.45) is 0 Å². The fraction of sp³-hybridized carbons (Fsp3) is 0.286. The van der Waals surface area contributed by atoms with E-state index in [1.165, 1.54) is 4.90 Å². The topological polar surface area (TPSA) is 110 Å². The SMILES string of the molecule is CC(NC(=O)c1ccc2noc(-c3ccccc3)c2c1)C(=O)N1CCS(=O)(=O)CC1. The van der Waals surface area contributed by atoms with Crippen LogP contribution >= 0.6 is 0 Å². The second-order valence-corrected chi connectivity index (χ2v) is 9.59. The van der Waals surface area contributed by atoms with Gasteiger partial charge in [0.15, 0.2) is 15.6 Å². The molecule has 9 heteroatoms. The zero-order valence-electron chi connectivity index (χ0n) is 16.4. The second kappa shape index (κ2) is 7.91. The van der Waals surface area contributed by atoms with Crippen LogP contribution < -0.4 is 5.32 Å². The number of benzene rings is 2. The predicted octanol–water partition coefficient (Wildman–Crippen LogP) is 1.87. The molecule has 2 heterocycles. The first-order valence-corrected chi connectivity index (χ1v) is 11.4. The molecule has 1 fully saturated rings. The number of nitrogens with zero attached hydrogens (tertiary/aromatic N) is 2. The molecule has 0 radical (unpaired) electrons. The Kier molecular flexibility index (Phi) is 5.29. The summed E-state index contributed by atoms with van der Waals surface area (Å²) in [6.07, 6.45) is 0. The summed E-state index contributed by atoms with van der Waals surface area (Å²) >= 11 is 0. The van der Waals surface area contributed by atoms with Crippen molar-refractivity contribution in [1.82, 2.24) is 15.4 Å². The normalized spacial score (nSPS) is 16.9. The highest BCUT2D eigenvalue weighted by molar-refractivity contribution is 7.91. The van der Waals surface area contributed by atoms with Crippen LogP contribution in [0.2, 0.25) is 0 Å². The van der Waals surface area contributed by atoms with Gasteiger partial charge in [0, 0.05) is 24.2 Å². The lowest BCUT2D eigenvalue weighted by atomic mass is 10.1. The Labute approximate surface area is 173 Å². The average Bonchev–Trinajstić information content (AvgIpc) is 3.17. The third-order valence-corrected chi connectivity index (χ3v) is 6.76. The minimum absolute atomic E-state index is 0.0498. The molecule has 1 saturated heterocycles. The molecular formula is C21H21N3O5S. The predicted molar refractivity (Wildman–Crippen MR) is 112 cm³/mol. The van der Waals surface area contributed by atoms with Crippen LogP contribution in [0.25, 0.3) is 22.2 Å². The minimum atomic E-state index is -3.08. The number of nitrogens with one attached hydrogen (secondary N) is 1. The molecule has 1 N–H and O–H groups in total. The summed E-state index contributed by atoms with van der Waals surface area (Å²) in [6, 6.07) is 13.7. The van der Waals surface area contributed by atoms with Gasteiger partial charge in [0.2, 0.25) is 5.91 Å². The molecule has 1 aliphatic rings. The minimum Gasteiger partial charge on any atom is -0.355 e. The van der Waals surface area contributed by atoms with Crippen molar-refractivity contribution >= 4 is 32.6 Å². The molecular weight excluding hydrogens is 406 g/mol. The largest absolute Gasteiger partial charge is 0.355 e. The van der Waals surface area contributed by atoms with Gasteiger partial charge in [-0.15, -0.1) is 0 Å². The molecule has 1 atom stereocenters. The smallest absolute Gasteiger partial charge is 0.251 e. The van der Waals surface area contributed by atoms with Crippen LogP contribution in [0, 0.1) is 0 Å². The van der Waals surface area contributed by atoms with E-state index in [9.17, 15) is 18.0 Å². The number of carbonyl (C=O) groups excluding carboxylic acids is 2. The highest BCUT2D eigenvalue weighted by Gasteiger charge is 2.28. The van der Waals surface area contributed by atoms with E-state index in [0.717, 1.165) is 5.56 Å². The summed E-state index contributed by atoms with van der Waals surface area (Å²) in [6.45, 7) is 1.89. The first-order valence-electron chi connectivity index (χ1n) is 9.59.